The second kappa shape index (κ2) is 30.5. The highest BCUT2D eigenvalue weighted by molar-refractivity contribution is 5.76. The standard InChI is InChI=1S/C39H73NO8/c1-3-5-7-9-11-13-15-17-18-20-22-24-26-28-33(42)32(31-47-39-38(46)37(45)36(44)34(30-41)48-39)40-35(43)29-27-25-23-21-19-16-14-12-10-8-6-4-2/h18,20,26,28,32-34,36-39,41-42,44-46H,3-17,19,21-25,27,29-31H2,1-2H3,(H,40,43)/b20-18+,28-26+/t32-,33+,34+,36+,37?,38?,39+/m0/s1. The molecule has 0 spiro atoms. The summed E-state index contributed by atoms with van der Waals surface area (Å²) in [7, 11) is 0. The van der Waals surface area contributed by atoms with Crippen molar-refractivity contribution in [3.8, 4) is 0 Å². The minimum atomic E-state index is -1.57. The van der Waals surface area contributed by atoms with Gasteiger partial charge in [0.05, 0.1) is 25.4 Å². The lowest BCUT2D eigenvalue weighted by Gasteiger charge is -2.40. The first-order chi connectivity index (χ1) is 23.3. The van der Waals surface area contributed by atoms with Crippen molar-refractivity contribution in [2.75, 3.05) is 13.2 Å². The number of rotatable bonds is 31. The van der Waals surface area contributed by atoms with Crippen molar-refractivity contribution in [2.45, 2.75) is 204 Å². The second-order valence-corrected chi connectivity index (χ2v) is 13.7. The summed E-state index contributed by atoms with van der Waals surface area (Å²) in [6, 6.07) is -0.814. The predicted molar refractivity (Wildman–Crippen MR) is 193 cm³/mol. The van der Waals surface area contributed by atoms with Gasteiger partial charge in [0.1, 0.15) is 24.4 Å². The normalized spacial score (nSPS) is 22.9. The highest BCUT2D eigenvalue weighted by Gasteiger charge is 2.44. The minimum absolute atomic E-state index is 0.190. The molecule has 9 nitrogen and oxygen atoms in total. The zero-order chi connectivity index (χ0) is 35.2. The van der Waals surface area contributed by atoms with Gasteiger partial charge in [0.15, 0.2) is 6.29 Å². The van der Waals surface area contributed by atoms with Gasteiger partial charge in [-0.3, -0.25) is 4.79 Å². The number of hydrogen-bond donors (Lipinski definition) is 6. The zero-order valence-corrected chi connectivity index (χ0v) is 30.5. The van der Waals surface area contributed by atoms with E-state index in [1.807, 2.05) is 6.08 Å². The number of carbonyl (C=O) groups excluding carboxylic acids is 1. The topological polar surface area (TPSA) is 149 Å². The van der Waals surface area contributed by atoms with E-state index in [4.69, 9.17) is 9.47 Å². The Morgan fingerprint density at radius 2 is 1.19 bits per heavy atom. The fourth-order valence-electron chi connectivity index (χ4n) is 6.05. The van der Waals surface area contributed by atoms with Crippen LogP contribution in [0, 0.1) is 0 Å². The van der Waals surface area contributed by atoms with Crippen molar-refractivity contribution in [3.05, 3.63) is 24.3 Å². The van der Waals surface area contributed by atoms with Gasteiger partial charge in [0.2, 0.25) is 5.91 Å². The first kappa shape index (κ1) is 44.7. The predicted octanol–water partition coefficient (Wildman–Crippen LogP) is 6.77. The molecule has 1 aliphatic rings. The molecule has 0 aromatic heterocycles. The Bertz CT molecular complexity index is 807. The fraction of sp³-hybridized carbons (Fsp3) is 0.872. The number of carbonyl (C=O) groups is 1. The van der Waals surface area contributed by atoms with Crippen molar-refractivity contribution >= 4 is 5.91 Å². The van der Waals surface area contributed by atoms with Crippen LogP contribution in [-0.4, -0.2) is 87.5 Å². The van der Waals surface area contributed by atoms with Gasteiger partial charge < -0.3 is 40.3 Å². The number of aliphatic hydroxyl groups excluding tert-OH is 5. The molecule has 1 fully saturated rings. The smallest absolute Gasteiger partial charge is 0.220 e. The summed E-state index contributed by atoms with van der Waals surface area (Å²) in [6.45, 7) is 3.71. The van der Waals surface area contributed by atoms with E-state index >= 15 is 0 Å². The summed E-state index contributed by atoms with van der Waals surface area (Å²) in [4.78, 5) is 12.8. The van der Waals surface area contributed by atoms with Gasteiger partial charge in [-0.2, -0.15) is 0 Å². The Balaban J connectivity index is 2.48. The number of hydrogen-bond acceptors (Lipinski definition) is 8. The first-order valence-electron chi connectivity index (χ1n) is 19.6. The van der Waals surface area contributed by atoms with E-state index < -0.39 is 49.5 Å². The second-order valence-electron chi connectivity index (χ2n) is 13.7. The van der Waals surface area contributed by atoms with Crippen molar-refractivity contribution in [3.63, 3.8) is 0 Å². The average molecular weight is 684 g/mol. The summed E-state index contributed by atoms with van der Waals surface area (Å²) in [6.07, 6.45) is 26.5. The Labute approximate surface area is 292 Å². The summed E-state index contributed by atoms with van der Waals surface area (Å²) in [5.74, 6) is -0.190. The molecule has 0 aromatic rings. The third-order valence-corrected chi connectivity index (χ3v) is 9.28. The molecule has 282 valence electrons. The fourth-order valence-corrected chi connectivity index (χ4v) is 6.05. The molecule has 7 atom stereocenters. The first-order valence-corrected chi connectivity index (χ1v) is 19.6. The van der Waals surface area contributed by atoms with E-state index in [2.05, 4.69) is 31.3 Å². The molecule has 2 unspecified atom stereocenters. The number of aliphatic hydroxyl groups is 5. The lowest BCUT2D eigenvalue weighted by molar-refractivity contribution is -0.302. The average Bonchev–Trinajstić information content (AvgIpc) is 3.08. The van der Waals surface area contributed by atoms with Gasteiger partial charge in [-0.1, -0.05) is 147 Å². The maximum Gasteiger partial charge on any atom is 0.220 e. The largest absolute Gasteiger partial charge is 0.394 e. The molecule has 0 radical (unpaired) electrons. The maximum absolute atomic E-state index is 12.8. The van der Waals surface area contributed by atoms with Gasteiger partial charge in [-0.25, -0.2) is 0 Å². The number of ether oxygens (including phenoxy) is 2. The highest BCUT2D eigenvalue weighted by Crippen LogP contribution is 2.22. The van der Waals surface area contributed by atoms with Crippen LogP contribution >= 0.6 is 0 Å². The minimum Gasteiger partial charge on any atom is -0.394 e. The molecule has 1 saturated heterocycles. The lowest BCUT2D eigenvalue weighted by atomic mass is 9.99. The Morgan fingerprint density at radius 3 is 1.75 bits per heavy atom. The van der Waals surface area contributed by atoms with Gasteiger partial charge in [0.25, 0.3) is 0 Å². The van der Waals surface area contributed by atoms with Crippen LogP contribution in [-0.2, 0) is 14.3 Å². The molecule has 48 heavy (non-hydrogen) atoms. The molecule has 9 heteroatoms. The SMILES string of the molecule is CCCCCCCCC/C=C/CC/C=C/[C@@H](O)[C@H](CO[C@@H]1O[C@H](CO)[C@@H](O)C(O)C1O)NC(=O)CCCCCCCCCCCCCC. The lowest BCUT2D eigenvalue weighted by Crippen LogP contribution is -2.60. The number of unbranched alkanes of at least 4 members (excludes halogenated alkanes) is 19. The Morgan fingerprint density at radius 1 is 0.688 bits per heavy atom. The number of nitrogens with one attached hydrogen (secondary N) is 1. The monoisotopic (exact) mass is 684 g/mol. The van der Waals surface area contributed by atoms with Crippen molar-refractivity contribution in [2.24, 2.45) is 0 Å². The van der Waals surface area contributed by atoms with Crippen molar-refractivity contribution in [1.82, 2.24) is 5.32 Å². The molecule has 1 rings (SSSR count). The van der Waals surface area contributed by atoms with Gasteiger partial charge in [-0.05, 0) is 32.1 Å². The van der Waals surface area contributed by atoms with Crippen LogP contribution in [0.15, 0.2) is 24.3 Å². The molecule has 6 N–H and O–H groups in total. The van der Waals surface area contributed by atoms with E-state index in [1.165, 1.54) is 103 Å². The third kappa shape index (κ3) is 21.7. The molecule has 0 aliphatic carbocycles. The van der Waals surface area contributed by atoms with E-state index in [-0.39, 0.29) is 12.5 Å². The molecule has 0 saturated carbocycles. The summed E-state index contributed by atoms with van der Waals surface area (Å²) < 4.78 is 11.1. The maximum atomic E-state index is 12.8. The molecule has 1 aliphatic heterocycles. The van der Waals surface area contributed by atoms with Crippen LogP contribution < -0.4 is 5.32 Å². The number of allylic oxidation sites excluding steroid dienone is 3. The molecule has 0 aromatic carbocycles. The van der Waals surface area contributed by atoms with Crippen LogP contribution in [0.4, 0.5) is 0 Å². The van der Waals surface area contributed by atoms with Crippen LogP contribution in [0.5, 0.6) is 0 Å². The summed E-state index contributed by atoms with van der Waals surface area (Å²) >= 11 is 0. The molecule has 0 bridgehead atoms. The van der Waals surface area contributed by atoms with Crippen molar-refractivity contribution in [1.29, 1.82) is 0 Å². The molecular weight excluding hydrogens is 610 g/mol. The number of amides is 1. The van der Waals surface area contributed by atoms with Crippen LogP contribution in [0.3, 0.4) is 0 Å². The summed E-state index contributed by atoms with van der Waals surface area (Å²) in [5, 5.41) is 53.8. The van der Waals surface area contributed by atoms with Crippen LogP contribution in [0.25, 0.3) is 0 Å². The molecular formula is C39H73NO8. The molecule has 1 amide bonds. The van der Waals surface area contributed by atoms with Crippen LogP contribution in [0.1, 0.15) is 162 Å². The van der Waals surface area contributed by atoms with Gasteiger partial charge >= 0.3 is 0 Å². The van der Waals surface area contributed by atoms with E-state index in [0.29, 0.717) is 6.42 Å². The highest BCUT2D eigenvalue weighted by atomic mass is 16.7. The van der Waals surface area contributed by atoms with Gasteiger partial charge in [-0.15, -0.1) is 0 Å². The molecule has 1 heterocycles. The van der Waals surface area contributed by atoms with E-state index in [0.717, 1.165) is 38.5 Å². The van der Waals surface area contributed by atoms with E-state index in [1.54, 1.807) is 6.08 Å². The Hall–Kier alpha value is -1.33. The Kier molecular flexibility index (Phi) is 28.4. The summed E-state index contributed by atoms with van der Waals surface area (Å²) in [5.41, 5.74) is 0. The quantitative estimate of drug-likeness (QED) is 0.0346. The van der Waals surface area contributed by atoms with E-state index in [9.17, 15) is 30.3 Å². The zero-order valence-electron chi connectivity index (χ0n) is 30.5. The third-order valence-electron chi connectivity index (χ3n) is 9.28. The van der Waals surface area contributed by atoms with Crippen LogP contribution in [0.2, 0.25) is 0 Å². The van der Waals surface area contributed by atoms with Crippen molar-refractivity contribution < 1.29 is 39.8 Å². The van der Waals surface area contributed by atoms with Gasteiger partial charge in [0, 0.05) is 6.42 Å².